The first-order valence-electron chi connectivity index (χ1n) is 9.66. The number of nitrogens with zero attached hydrogens (tertiary/aromatic N) is 4. The average molecular weight is 416 g/mol. The van der Waals surface area contributed by atoms with E-state index < -0.39 is 15.9 Å². The molecule has 1 fully saturated rings. The number of amides is 1. The standard InChI is InChI=1S/C20H25N5O3S/c1-15-7-8-17(29(27,28)24-10-4-3-5-11-24)14-18(15)20(26)22-19-13-16(2)23-25(19)12-6-9-21/h7-8,13-14H,3-6,10-12H2,1-2H3,(H,22,26). The minimum atomic E-state index is -3.62. The van der Waals surface area contributed by atoms with Gasteiger partial charge in [-0.2, -0.15) is 14.7 Å². The van der Waals surface area contributed by atoms with Crippen molar-refractivity contribution in [3.05, 3.63) is 41.1 Å². The lowest BCUT2D eigenvalue weighted by Crippen LogP contribution is -2.35. The highest BCUT2D eigenvalue weighted by Crippen LogP contribution is 2.23. The number of sulfonamides is 1. The van der Waals surface area contributed by atoms with Gasteiger partial charge in [-0.1, -0.05) is 12.5 Å². The molecule has 0 unspecified atom stereocenters. The molecule has 2 aromatic rings. The van der Waals surface area contributed by atoms with E-state index in [1.54, 1.807) is 36.7 Å². The summed E-state index contributed by atoms with van der Waals surface area (Å²) >= 11 is 0. The summed E-state index contributed by atoms with van der Waals surface area (Å²) in [5.41, 5.74) is 1.70. The SMILES string of the molecule is Cc1cc(NC(=O)c2cc(S(=O)(=O)N3CCCCC3)ccc2C)n(CCC#N)n1. The van der Waals surface area contributed by atoms with Crippen LogP contribution in [0.2, 0.25) is 0 Å². The van der Waals surface area contributed by atoms with Crippen LogP contribution in [0.3, 0.4) is 0 Å². The van der Waals surface area contributed by atoms with E-state index in [0.717, 1.165) is 25.0 Å². The molecule has 0 bridgehead atoms. The fraction of sp³-hybridized carbons (Fsp3) is 0.450. The number of piperidine rings is 1. The highest BCUT2D eigenvalue weighted by Gasteiger charge is 2.27. The smallest absolute Gasteiger partial charge is 0.257 e. The second-order valence-corrected chi connectivity index (χ2v) is 9.14. The van der Waals surface area contributed by atoms with E-state index in [2.05, 4.69) is 16.5 Å². The zero-order valence-electron chi connectivity index (χ0n) is 16.7. The number of nitriles is 1. The fourth-order valence-corrected chi connectivity index (χ4v) is 4.96. The van der Waals surface area contributed by atoms with Crippen molar-refractivity contribution in [1.29, 1.82) is 5.26 Å². The number of aryl methyl sites for hydroxylation is 3. The Kier molecular flexibility index (Phi) is 6.35. The molecule has 1 aromatic carbocycles. The maximum Gasteiger partial charge on any atom is 0.257 e. The van der Waals surface area contributed by atoms with Crippen molar-refractivity contribution < 1.29 is 13.2 Å². The molecule has 29 heavy (non-hydrogen) atoms. The minimum absolute atomic E-state index is 0.129. The maximum atomic E-state index is 13.0. The third-order valence-electron chi connectivity index (χ3n) is 4.99. The zero-order valence-corrected chi connectivity index (χ0v) is 17.5. The lowest BCUT2D eigenvalue weighted by molar-refractivity contribution is 0.102. The van der Waals surface area contributed by atoms with Crippen LogP contribution in [0.15, 0.2) is 29.2 Å². The van der Waals surface area contributed by atoms with Gasteiger partial charge in [-0.3, -0.25) is 4.79 Å². The number of nitrogens with one attached hydrogen (secondary N) is 1. The predicted octanol–water partition coefficient (Wildman–Crippen LogP) is 2.84. The zero-order chi connectivity index (χ0) is 21.0. The predicted molar refractivity (Wildman–Crippen MR) is 109 cm³/mol. The molecule has 1 N–H and O–H groups in total. The van der Waals surface area contributed by atoms with Gasteiger partial charge in [0.1, 0.15) is 5.82 Å². The largest absolute Gasteiger partial charge is 0.307 e. The molecule has 8 nitrogen and oxygen atoms in total. The first kappa shape index (κ1) is 21.0. The van der Waals surface area contributed by atoms with Gasteiger partial charge in [0.2, 0.25) is 10.0 Å². The van der Waals surface area contributed by atoms with Gasteiger partial charge in [0.25, 0.3) is 5.91 Å². The van der Waals surface area contributed by atoms with Gasteiger partial charge in [-0.15, -0.1) is 0 Å². The molecule has 0 radical (unpaired) electrons. The molecule has 1 aliphatic heterocycles. The molecule has 1 saturated heterocycles. The van der Waals surface area contributed by atoms with Crippen LogP contribution in [-0.4, -0.2) is 41.5 Å². The van der Waals surface area contributed by atoms with Gasteiger partial charge in [-0.25, -0.2) is 13.1 Å². The quantitative estimate of drug-likeness (QED) is 0.780. The molecular weight excluding hydrogens is 390 g/mol. The van der Waals surface area contributed by atoms with E-state index in [-0.39, 0.29) is 11.3 Å². The third-order valence-corrected chi connectivity index (χ3v) is 6.88. The summed E-state index contributed by atoms with van der Waals surface area (Å²) in [5.74, 6) is 0.0720. The number of benzene rings is 1. The maximum absolute atomic E-state index is 13.0. The van der Waals surface area contributed by atoms with E-state index in [1.165, 1.54) is 10.4 Å². The second kappa shape index (κ2) is 8.76. The Morgan fingerprint density at radius 1 is 1.21 bits per heavy atom. The van der Waals surface area contributed by atoms with Crippen LogP contribution in [0.4, 0.5) is 5.82 Å². The first-order valence-corrected chi connectivity index (χ1v) is 11.1. The lowest BCUT2D eigenvalue weighted by atomic mass is 10.1. The van der Waals surface area contributed by atoms with E-state index in [9.17, 15) is 13.2 Å². The van der Waals surface area contributed by atoms with E-state index in [1.807, 2.05) is 0 Å². The lowest BCUT2D eigenvalue weighted by Gasteiger charge is -2.26. The van der Waals surface area contributed by atoms with Gasteiger partial charge in [0.05, 0.1) is 29.6 Å². The van der Waals surface area contributed by atoms with Gasteiger partial charge in [0, 0.05) is 24.7 Å². The molecule has 1 amide bonds. The second-order valence-electron chi connectivity index (χ2n) is 7.20. The van der Waals surface area contributed by atoms with Crippen LogP contribution in [-0.2, 0) is 16.6 Å². The minimum Gasteiger partial charge on any atom is -0.307 e. The molecule has 1 aromatic heterocycles. The summed E-state index contributed by atoms with van der Waals surface area (Å²) < 4.78 is 29.0. The molecule has 2 heterocycles. The molecule has 3 rings (SSSR count). The summed E-state index contributed by atoms with van der Waals surface area (Å²) in [7, 11) is -3.62. The van der Waals surface area contributed by atoms with E-state index in [4.69, 9.17) is 5.26 Å². The van der Waals surface area contributed by atoms with Gasteiger partial charge in [-0.05, 0) is 44.4 Å². The van der Waals surface area contributed by atoms with E-state index >= 15 is 0 Å². The normalized spacial score (nSPS) is 15.1. The summed E-state index contributed by atoms with van der Waals surface area (Å²) in [4.78, 5) is 13.0. The summed E-state index contributed by atoms with van der Waals surface area (Å²) in [5, 5.41) is 15.9. The van der Waals surface area contributed by atoms with E-state index in [0.29, 0.717) is 36.6 Å². The van der Waals surface area contributed by atoms with Crippen LogP contribution in [0.1, 0.15) is 47.3 Å². The van der Waals surface area contributed by atoms with Crippen molar-refractivity contribution in [2.45, 2.75) is 51.0 Å². The van der Waals surface area contributed by atoms with Crippen molar-refractivity contribution >= 4 is 21.7 Å². The van der Waals surface area contributed by atoms with Gasteiger partial charge in [0.15, 0.2) is 0 Å². The molecule has 0 aliphatic carbocycles. The topological polar surface area (TPSA) is 108 Å². The summed E-state index contributed by atoms with van der Waals surface area (Å²) in [6.07, 6.45) is 3.01. The Labute approximate surface area is 171 Å². The van der Waals surface area contributed by atoms with Crippen molar-refractivity contribution in [2.75, 3.05) is 18.4 Å². The Hall–Kier alpha value is -2.70. The molecule has 0 atom stereocenters. The number of rotatable bonds is 6. The molecule has 1 aliphatic rings. The van der Waals surface area contributed by atoms with Crippen molar-refractivity contribution in [2.24, 2.45) is 0 Å². The average Bonchev–Trinajstić information content (AvgIpc) is 3.06. The first-order chi connectivity index (χ1) is 13.8. The summed E-state index contributed by atoms with van der Waals surface area (Å²) in [6, 6.07) is 8.43. The molecular formula is C20H25N5O3S. The molecule has 0 spiro atoms. The Morgan fingerprint density at radius 2 is 1.93 bits per heavy atom. The Morgan fingerprint density at radius 3 is 2.62 bits per heavy atom. The van der Waals surface area contributed by atoms with Crippen LogP contribution < -0.4 is 5.32 Å². The van der Waals surface area contributed by atoms with Gasteiger partial charge >= 0.3 is 0 Å². The molecule has 154 valence electrons. The number of aromatic nitrogens is 2. The third kappa shape index (κ3) is 4.66. The number of carbonyl (C=O) groups excluding carboxylic acids is 1. The van der Waals surface area contributed by atoms with Crippen LogP contribution in [0.5, 0.6) is 0 Å². The Balaban J connectivity index is 1.87. The van der Waals surface area contributed by atoms with Crippen LogP contribution in [0.25, 0.3) is 0 Å². The van der Waals surface area contributed by atoms with Crippen molar-refractivity contribution in [3.63, 3.8) is 0 Å². The molecule has 9 heteroatoms. The number of anilines is 1. The highest BCUT2D eigenvalue weighted by molar-refractivity contribution is 7.89. The van der Waals surface area contributed by atoms with Crippen molar-refractivity contribution in [3.8, 4) is 6.07 Å². The highest BCUT2D eigenvalue weighted by atomic mass is 32.2. The number of carbonyl (C=O) groups is 1. The number of hydrogen-bond donors (Lipinski definition) is 1. The van der Waals surface area contributed by atoms with Crippen LogP contribution >= 0.6 is 0 Å². The number of hydrogen-bond acceptors (Lipinski definition) is 5. The van der Waals surface area contributed by atoms with Crippen molar-refractivity contribution in [1.82, 2.24) is 14.1 Å². The fourth-order valence-electron chi connectivity index (χ4n) is 3.42. The van der Waals surface area contributed by atoms with Gasteiger partial charge < -0.3 is 5.32 Å². The monoisotopic (exact) mass is 415 g/mol. The molecule has 0 saturated carbocycles. The Bertz CT molecular complexity index is 1050. The van der Waals surface area contributed by atoms with Crippen LogP contribution in [0, 0.1) is 25.2 Å². The summed E-state index contributed by atoms with van der Waals surface area (Å²) in [6.45, 7) is 4.95.